The molecule has 0 saturated carbocycles. The van der Waals surface area contributed by atoms with Gasteiger partial charge >= 0.3 is 34.5 Å². The molecule has 4 heteroatoms. The number of nitrogens with zero attached hydrogens (tertiary/aromatic N) is 2. The normalized spacial score (nSPS) is 11.2. The van der Waals surface area contributed by atoms with Crippen LogP contribution in [-0.2, 0) is 14.8 Å². The van der Waals surface area contributed by atoms with E-state index in [-0.39, 0.29) is 0 Å². The van der Waals surface area contributed by atoms with Gasteiger partial charge in [-0.3, -0.25) is 4.98 Å². The summed E-state index contributed by atoms with van der Waals surface area (Å²) < 4.78 is 2.33. The summed E-state index contributed by atoms with van der Waals surface area (Å²) in [5, 5.41) is 3.51. The fourth-order valence-electron chi connectivity index (χ4n) is 5.16. The molecule has 6 rings (SSSR count). The van der Waals surface area contributed by atoms with Gasteiger partial charge in [0.25, 0.3) is 0 Å². The van der Waals surface area contributed by atoms with Crippen molar-refractivity contribution >= 4 is 47.1 Å². The SMILES string of the molecule is Cc1cc2c3ccc[c-]c3c3ncc(-c4c(C)cc(-c5ccccc5)cc4C)n3c2cc1C.[Zn+][I]. The number of fused-ring (bicyclic) bond motifs is 6. The van der Waals surface area contributed by atoms with E-state index in [2.05, 4.69) is 125 Å². The molecular weight excluding hydrogens is 593 g/mol. The Morgan fingerprint density at radius 3 is 2.14 bits per heavy atom. The first-order valence-electron chi connectivity index (χ1n) is 11.7. The predicted octanol–water partition coefficient (Wildman–Crippen LogP) is 8.89. The summed E-state index contributed by atoms with van der Waals surface area (Å²) in [6, 6.07) is 29.5. The Morgan fingerprint density at radius 1 is 0.743 bits per heavy atom. The van der Waals surface area contributed by atoms with E-state index in [1.165, 1.54) is 70.0 Å². The Morgan fingerprint density at radius 2 is 1.43 bits per heavy atom. The zero-order valence-electron chi connectivity index (χ0n) is 20.5. The van der Waals surface area contributed by atoms with Crippen LogP contribution in [-0.4, -0.2) is 9.38 Å². The van der Waals surface area contributed by atoms with Crippen molar-refractivity contribution in [1.82, 2.24) is 9.38 Å². The van der Waals surface area contributed by atoms with Gasteiger partial charge in [0.2, 0.25) is 0 Å². The van der Waals surface area contributed by atoms with Gasteiger partial charge in [0, 0.05) is 17.3 Å². The van der Waals surface area contributed by atoms with Crippen molar-refractivity contribution in [2.45, 2.75) is 27.7 Å². The number of hydrogen-bond acceptors (Lipinski definition) is 1. The van der Waals surface area contributed by atoms with Crippen molar-refractivity contribution in [2.24, 2.45) is 0 Å². The van der Waals surface area contributed by atoms with Gasteiger partial charge in [-0.1, -0.05) is 53.9 Å². The van der Waals surface area contributed by atoms with Crippen molar-refractivity contribution in [1.29, 1.82) is 0 Å². The Balaban J connectivity index is 0.00000124. The van der Waals surface area contributed by atoms with Gasteiger partial charge in [0.15, 0.2) is 0 Å². The second-order valence-corrected chi connectivity index (χ2v) is 9.07. The first-order valence-corrected chi connectivity index (χ1v) is 20.7. The Bertz CT molecular complexity index is 1680. The number of aromatic nitrogens is 2. The third kappa shape index (κ3) is 4.11. The molecule has 0 aliphatic heterocycles. The molecule has 0 radical (unpaired) electrons. The quantitative estimate of drug-likeness (QED) is 0.0821. The molecule has 0 aliphatic carbocycles. The first kappa shape index (κ1) is 24.2. The van der Waals surface area contributed by atoms with Gasteiger partial charge in [-0.2, -0.15) is 0 Å². The van der Waals surface area contributed by atoms with Crippen LogP contribution in [0.15, 0.2) is 79.0 Å². The number of imidazole rings is 1. The summed E-state index contributed by atoms with van der Waals surface area (Å²) in [6.07, 6.45) is 2.03. The molecular formula is C31H25IN2Zn. The summed E-state index contributed by atoms with van der Waals surface area (Å²) in [5.41, 5.74) is 12.1. The topological polar surface area (TPSA) is 17.3 Å². The molecule has 2 heterocycles. The third-order valence-corrected chi connectivity index (χ3v) is 6.88. The third-order valence-electron chi connectivity index (χ3n) is 6.88. The van der Waals surface area contributed by atoms with E-state index < -0.39 is 0 Å². The van der Waals surface area contributed by atoms with Crippen LogP contribution in [0.4, 0.5) is 0 Å². The zero-order chi connectivity index (χ0) is 24.7. The number of pyridine rings is 1. The van der Waals surface area contributed by atoms with E-state index in [1.807, 2.05) is 12.3 Å². The van der Waals surface area contributed by atoms with Gasteiger partial charge in [0.1, 0.15) is 0 Å². The number of benzene rings is 4. The molecule has 0 bridgehead atoms. The van der Waals surface area contributed by atoms with E-state index in [1.54, 1.807) is 0 Å². The van der Waals surface area contributed by atoms with E-state index in [9.17, 15) is 0 Å². The molecule has 0 aliphatic rings. The van der Waals surface area contributed by atoms with Crippen LogP contribution in [0.25, 0.3) is 49.7 Å². The molecule has 0 fully saturated rings. The van der Waals surface area contributed by atoms with Crippen LogP contribution < -0.4 is 0 Å². The van der Waals surface area contributed by atoms with Crippen molar-refractivity contribution in [3.8, 4) is 22.4 Å². The van der Waals surface area contributed by atoms with Crippen molar-refractivity contribution < 1.29 is 14.8 Å². The van der Waals surface area contributed by atoms with Crippen LogP contribution in [0.5, 0.6) is 0 Å². The average Bonchev–Trinajstić information content (AvgIpc) is 3.31. The van der Waals surface area contributed by atoms with E-state index in [0.29, 0.717) is 0 Å². The van der Waals surface area contributed by atoms with Gasteiger partial charge in [0.05, 0.1) is 11.3 Å². The Kier molecular flexibility index (Phi) is 6.78. The number of aryl methyl sites for hydroxylation is 4. The Hall–Kier alpha value is -2.56. The molecule has 0 amide bonds. The van der Waals surface area contributed by atoms with E-state index >= 15 is 0 Å². The molecule has 2 aromatic heterocycles. The van der Waals surface area contributed by atoms with Crippen molar-refractivity contribution in [3.63, 3.8) is 0 Å². The number of halogens is 1. The maximum absolute atomic E-state index is 4.92. The summed E-state index contributed by atoms with van der Waals surface area (Å²) in [5.74, 6) is 0. The summed E-state index contributed by atoms with van der Waals surface area (Å²) >= 11 is 3.62. The number of rotatable bonds is 2. The predicted molar refractivity (Wildman–Crippen MR) is 153 cm³/mol. The molecule has 2 nitrogen and oxygen atoms in total. The molecule has 0 spiro atoms. The molecule has 0 atom stereocenters. The van der Waals surface area contributed by atoms with Gasteiger partial charge in [-0.25, -0.2) is 0 Å². The van der Waals surface area contributed by atoms with Crippen LogP contribution in [0.2, 0.25) is 0 Å². The van der Waals surface area contributed by atoms with Gasteiger partial charge in [-0.15, -0.1) is 29.7 Å². The fraction of sp³-hybridized carbons (Fsp3) is 0.129. The molecule has 4 aromatic carbocycles. The minimum atomic E-state index is 0.960. The van der Waals surface area contributed by atoms with Crippen LogP contribution in [0.3, 0.4) is 0 Å². The van der Waals surface area contributed by atoms with Gasteiger partial charge < -0.3 is 4.40 Å². The monoisotopic (exact) mass is 616 g/mol. The average molecular weight is 618 g/mol. The molecule has 35 heavy (non-hydrogen) atoms. The summed E-state index contributed by atoms with van der Waals surface area (Å²) in [4.78, 5) is 4.92. The van der Waals surface area contributed by atoms with E-state index in [4.69, 9.17) is 4.98 Å². The zero-order valence-corrected chi connectivity index (χ0v) is 25.6. The number of hydrogen-bond donors (Lipinski definition) is 0. The second kappa shape index (κ2) is 9.83. The molecule has 168 valence electrons. The second-order valence-electron chi connectivity index (χ2n) is 9.07. The summed E-state index contributed by atoms with van der Waals surface area (Å²) in [6.45, 7) is 8.78. The molecule has 6 aromatic rings. The Labute approximate surface area is 227 Å². The van der Waals surface area contributed by atoms with Crippen LogP contribution >= 0.6 is 19.8 Å². The summed E-state index contributed by atoms with van der Waals surface area (Å²) in [7, 11) is 0. The molecule has 0 unspecified atom stereocenters. The standard InChI is InChI=1S/C31H25N2.HI.Zn/c1-19-16-27-25-12-8-9-13-26(25)31-32-18-29(33(31)28(27)17-20(19)2)30-21(3)14-24(15-22(30)4)23-10-6-5-7-11-23;;/h5-12,14-18H,1-4H3;1H;/q-1;;+2/p-1. The maximum atomic E-state index is 4.92. The molecule has 0 saturated heterocycles. The molecule has 0 N–H and O–H groups in total. The fourth-order valence-corrected chi connectivity index (χ4v) is 5.16. The van der Waals surface area contributed by atoms with Crippen LogP contribution in [0, 0.1) is 33.8 Å². The first-order chi connectivity index (χ1) is 17.0. The van der Waals surface area contributed by atoms with Crippen molar-refractivity contribution in [3.05, 3.63) is 107 Å². The van der Waals surface area contributed by atoms with E-state index in [0.717, 1.165) is 16.7 Å². The van der Waals surface area contributed by atoms with Crippen LogP contribution in [0.1, 0.15) is 22.3 Å². The van der Waals surface area contributed by atoms with Gasteiger partial charge in [-0.05, 0) is 72.5 Å². The van der Waals surface area contributed by atoms with Crippen molar-refractivity contribution in [2.75, 3.05) is 0 Å². The minimum absolute atomic E-state index is 0.960.